The van der Waals surface area contributed by atoms with Crippen LogP contribution in [0.1, 0.15) is 44.5 Å². The molecule has 0 aliphatic carbocycles. The summed E-state index contributed by atoms with van der Waals surface area (Å²) in [4.78, 5) is 0. The van der Waals surface area contributed by atoms with Crippen molar-refractivity contribution in [1.29, 1.82) is 0 Å². The van der Waals surface area contributed by atoms with Gasteiger partial charge in [0.25, 0.3) is 0 Å². The second-order valence-corrected chi connectivity index (χ2v) is 22.2. The molecule has 0 aliphatic heterocycles. The van der Waals surface area contributed by atoms with Gasteiger partial charge in [-0.3, -0.25) is 0 Å². The third-order valence-electron chi connectivity index (χ3n) is 12.6. The van der Waals surface area contributed by atoms with Crippen LogP contribution in [0.4, 0.5) is 0 Å². The molecule has 0 aromatic heterocycles. The van der Waals surface area contributed by atoms with Crippen LogP contribution in [0.2, 0.25) is 0 Å². The van der Waals surface area contributed by atoms with Gasteiger partial charge in [-0.15, -0.1) is 0 Å². The summed E-state index contributed by atoms with van der Waals surface area (Å²) in [6.45, 7) is 17.5. The van der Waals surface area contributed by atoms with Crippen molar-refractivity contribution in [2.45, 2.75) is 55.4 Å². The van der Waals surface area contributed by atoms with E-state index in [1.165, 1.54) is 65.7 Å². The van der Waals surface area contributed by atoms with E-state index < -0.39 is 16.3 Å². The Hall–Kier alpha value is -6.82. The van der Waals surface area contributed by atoms with Gasteiger partial charge in [0.2, 0.25) is 0 Å². The average molecular weight is 919 g/mol. The molecular formula is C64H56O2P2. The Labute approximate surface area is 405 Å². The highest BCUT2D eigenvalue weighted by Gasteiger charge is 2.31. The van der Waals surface area contributed by atoms with E-state index in [2.05, 4.69) is 250 Å². The van der Waals surface area contributed by atoms with Gasteiger partial charge in [0, 0.05) is 43.5 Å². The first-order valence-electron chi connectivity index (χ1n) is 23.5. The minimum absolute atomic E-state index is 0.835. The number of rotatable bonds is 11. The van der Waals surface area contributed by atoms with Gasteiger partial charge in [0.05, 0.1) is 0 Å². The Morgan fingerprint density at radius 1 is 0.279 bits per heavy atom. The van der Waals surface area contributed by atoms with Gasteiger partial charge in [0.1, 0.15) is 11.5 Å². The van der Waals surface area contributed by atoms with Crippen molar-refractivity contribution in [2.24, 2.45) is 0 Å². The molecule has 0 atom stereocenters. The molecule has 2 nitrogen and oxygen atoms in total. The van der Waals surface area contributed by atoms with Gasteiger partial charge >= 0.3 is 0 Å². The van der Waals surface area contributed by atoms with Crippen LogP contribution >= 0.6 is 16.3 Å². The Kier molecular flexibility index (Phi) is 12.6. The van der Waals surface area contributed by atoms with Crippen LogP contribution in [0.3, 0.4) is 0 Å². The number of hydrogen-bond acceptors (Lipinski definition) is 2. The fourth-order valence-electron chi connectivity index (χ4n) is 9.97. The van der Waals surface area contributed by atoms with Crippen LogP contribution in [0, 0.1) is 55.4 Å². The summed E-state index contributed by atoms with van der Waals surface area (Å²) in [5.41, 5.74) is 16.0. The van der Waals surface area contributed by atoms with Crippen molar-refractivity contribution in [3.8, 4) is 44.9 Å². The lowest BCUT2D eigenvalue weighted by Gasteiger charge is -2.29. The maximum Gasteiger partial charge on any atom is 0.150 e. The van der Waals surface area contributed by atoms with Crippen molar-refractivity contribution >= 4 is 59.1 Å². The van der Waals surface area contributed by atoms with Crippen LogP contribution in [0.25, 0.3) is 54.9 Å². The molecule has 0 aliphatic rings. The van der Waals surface area contributed by atoms with E-state index in [1.807, 2.05) is 0 Å². The summed E-state index contributed by atoms with van der Waals surface area (Å²) in [5.74, 6) is 1.67. The van der Waals surface area contributed by atoms with Crippen molar-refractivity contribution in [3.63, 3.8) is 0 Å². The predicted molar refractivity (Wildman–Crippen MR) is 295 cm³/mol. The highest BCUT2D eigenvalue weighted by molar-refractivity contribution is 7.69. The fraction of sp³-hybridized carbons (Fsp3) is 0.125. The monoisotopic (exact) mass is 918 g/mol. The van der Waals surface area contributed by atoms with Gasteiger partial charge in [0.15, 0.2) is 16.3 Å². The Balaban J connectivity index is 1.37. The zero-order valence-electron chi connectivity index (χ0n) is 40.2. The van der Waals surface area contributed by atoms with Crippen LogP contribution in [-0.2, 0) is 0 Å². The minimum Gasteiger partial charge on any atom is -0.463 e. The third-order valence-corrected chi connectivity index (χ3v) is 16.2. The lowest BCUT2D eigenvalue weighted by Crippen LogP contribution is -2.19. The number of aryl methyl sites for hydroxylation is 8. The molecule has 0 amide bonds. The van der Waals surface area contributed by atoms with Crippen LogP contribution in [0.15, 0.2) is 194 Å². The maximum absolute atomic E-state index is 8.09. The van der Waals surface area contributed by atoms with E-state index in [0.717, 1.165) is 66.4 Å². The van der Waals surface area contributed by atoms with Crippen molar-refractivity contribution < 1.29 is 9.05 Å². The fourth-order valence-corrected chi connectivity index (χ4v) is 14.3. The topological polar surface area (TPSA) is 18.5 Å². The van der Waals surface area contributed by atoms with Crippen LogP contribution in [0.5, 0.6) is 11.5 Å². The molecule has 0 saturated carbocycles. The largest absolute Gasteiger partial charge is 0.463 e. The van der Waals surface area contributed by atoms with E-state index in [0.29, 0.717) is 0 Å². The Morgan fingerprint density at radius 3 is 0.838 bits per heavy atom. The normalized spacial score (nSPS) is 11.5. The number of benzene rings is 10. The zero-order chi connectivity index (χ0) is 47.1. The SMILES string of the molecule is Cc1cc(C)cc(P(Oc2c(-c3ccccc3)cc3ccccc3c2-c2c(OP(c3cc(C)cc(C)c3)c3cc(C)cc(C)c3)c(-c3ccccc3)cc3ccccc23)c2cc(C)cc(C)c2)c1. The lowest BCUT2D eigenvalue weighted by atomic mass is 9.86. The second-order valence-electron chi connectivity index (χ2n) is 18.6. The average Bonchev–Trinajstić information content (AvgIpc) is 3.31. The quantitative estimate of drug-likeness (QED) is 0.120. The third kappa shape index (κ3) is 9.25. The van der Waals surface area contributed by atoms with Gasteiger partial charge in [-0.2, -0.15) is 0 Å². The summed E-state index contributed by atoms with van der Waals surface area (Å²) in [5, 5.41) is 9.15. The molecule has 4 heteroatoms. The molecule has 10 aromatic carbocycles. The summed E-state index contributed by atoms with van der Waals surface area (Å²) >= 11 is 0. The molecular weight excluding hydrogens is 863 g/mol. The summed E-state index contributed by atoms with van der Waals surface area (Å²) < 4.78 is 16.2. The molecule has 0 fully saturated rings. The second kappa shape index (κ2) is 19.1. The number of hydrogen-bond donors (Lipinski definition) is 0. The van der Waals surface area contributed by atoms with E-state index in [-0.39, 0.29) is 0 Å². The van der Waals surface area contributed by atoms with Crippen LogP contribution in [-0.4, -0.2) is 0 Å². The van der Waals surface area contributed by atoms with Crippen molar-refractivity contribution in [2.75, 3.05) is 0 Å². The van der Waals surface area contributed by atoms with E-state index in [4.69, 9.17) is 9.05 Å². The minimum atomic E-state index is -1.41. The first-order valence-corrected chi connectivity index (χ1v) is 26.0. The molecule has 0 saturated heterocycles. The zero-order valence-corrected chi connectivity index (χ0v) is 42.0. The molecule has 0 radical (unpaired) electrons. The molecule has 0 bridgehead atoms. The summed E-state index contributed by atoms with van der Waals surface area (Å²) in [7, 11) is -2.81. The first-order chi connectivity index (χ1) is 32.9. The molecule has 10 aromatic rings. The number of fused-ring (bicyclic) bond motifs is 2. The highest BCUT2D eigenvalue weighted by Crippen LogP contribution is 2.57. The predicted octanol–water partition coefficient (Wildman–Crippen LogP) is 16.3. The van der Waals surface area contributed by atoms with Gasteiger partial charge in [-0.05, 0) is 149 Å². The van der Waals surface area contributed by atoms with Crippen LogP contribution < -0.4 is 30.3 Å². The molecule has 10 rings (SSSR count). The molecule has 0 spiro atoms. The van der Waals surface area contributed by atoms with Crippen molar-refractivity contribution in [3.05, 3.63) is 239 Å². The van der Waals surface area contributed by atoms with Gasteiger partial charge in [-0.25, -0.2) is 0 Å². The van der Waals surface area contributed by atoms with E-state index >= 15 is 0 Å². The standard InChI is InChI=1S/C64H56O2P2/c1-41-27-42(2)32-53(31-41)67(54-33-43(3)28-44(4)34-54)65-63-59(49-19-11-9-12-20-49)39-51-23-15-17-25-57(51)61(63)62-58-26-18-16-24-52(58)40-60(50-21-13-10-14-22-50)64(62)66-68(55-35-45(5)29-46(6)36-55)56-37-47(7)30-48(8)38-56/h9-40H,1-8H3. The lowest BCUT2D eigenvalue weighted by molar-refractivity contribution is 0.626. The van der Waals surface area contributed by atoms with E-state index in [1.54, 1.807) is 0 Å². The van der Waals surface area contributed by atoms with Gasteiger partial charge in [-0.1, -0.05) is 178 Å². The highest BCUT2D eigenvalue weighted by atomic mass is 31.1. The van der Waals surface area contributed by atoms with E-state index in [9.17, 15) is 0 Å². The molecule has 0 heterocycles. The first kappa shape index (κ1) is 45.0. The van der Waals surface area contributed by atoms with Gasteiger partial charge < -0.3 is 9.05 Å². The molecule has 68 heavy (non-hydrogen) atoms. The maximum atomic E-state index is 8.09. The Bertz CT molecular complexity index is 3090. The van der Waals surface area contributed by atoms with Crippen molar-refractivity contribution in [1.82, 2.24) is 0 Å². The Morgan fingerprint density at radius 2 is 0.544 bits per heavy atom. The summed E-state index contributed by atoms with van der Waals surface area (Å²) in [6.07, 6.45) is 0. The molecule has 334 valence electrons. The molecule has 0 N–H and O–H groups in total. The summed E-state index contributed by atoms with van der Waals surface area (Å²) in [6, 6.07) is 71.5. The smallest absolute Gasteiger partial charge is 0.150 e. The molecule has 0 unspecified atom stereocenters.